The predicted octanol–water partition coefficient (Wildman–Crippen LogP) is 3.60. The third-order valence-corrected chi connectivity index (χ3v) is 3.52. The molecule has 2 rings (SSSR count). The topological polar surface area (TPSA) is 12.0 Å². The third-order valence-electron chi connectivity index (χ3n) is 3.52. The Balaban J connectivity index is 2.05. The lowest BCUT2D eigenvalue weighted by atomic mass is 9.96. The second kappa shape index (κ2) is 5.58. The molecule has 1 aromatic carbocycles. The molecule has 0 heterocycles. The average Bonchev–Trinajstić information content (AvgIpc) is 2.75. The van der Waals surface area contributed by atoms with Crippen LogP contribution in [0.1, 0.15) is 44.1 Å². The Morgan fingerprint density at radius 1 is 1.24 bits per heavy atom. The minimum atomic E-state index is -0.397. The fraction of sp³-hybridized carbons (Fsp3) is 0.571. The van der Waals surface area contributed by atoms with Crippen molar-refractivity contribution in [2.45, 2.75) is 44.6 Å². The number of halogens is 2. The first kappa shape index (κ1) is 12.5. The average molecular weight is 239 g/mol. The largest absolute Gasteiger partial charge is 0.314 e. The van der Waals surface area contributed by atoms with Gasteiger partial charge < -0.3 is 5.32 Å². The van der Waals surface area contributed by atoms with Crippen LogP contribution in [0.5, 0.6) is 0 Å². The fourth-order valence-corrected chi connectivity index (χ4v) is 2.68. The maximum absolute atomic E-state index is 13.6. The highest BCUT2D eigenvalue weighted by molar-refractivity contribution is 5.25. The van der Waals surface area contributed by atoms with Gasteiger partial charge in [-0.15, -0.1) is 0 Å². The molecule has 17 heavy (non-hydrogen) atoms. The molecule has 1 aromatic rings. The van der Waals surface area contributed by atoms with Crippen LogP contribution in [0.2, 0.25) is 0 Å². The molecule has 2 unspecified atom stereocenters. The summed E-state index contributed by atoms with van der Waals surface area (Å²) in [6, 6.07) is 4.55. The maximum Gasteiger partial charge on any atom is 0.129 e. The van der Waals surface area contributed by atoms with Crippen LogP contribution in [-0.2, 0) is 0 Å². The monoisotopic (exact) mass is 239 g/mol. The molecule has 3 heteroatoms. The summed E-state index contributed by atoms with van der Waals surface area (Å²) in [6.07, 6.45) is 3.82. The summed E-state index contributed by atoms with van der Waals surface area (Å²) in [6.45, 7) is 3.10. The molecule has 0 aromatic heterocycles. The fourth-order valence-electron chi connectivity index (χ4n) is 2.68. The van der Waals surface area contributed by atoms with Crippen LogP contribution in [-0.4, -0.2) is 12.6 Å². The van der Waals surface area contributed by atoms with Crippen LogP contribution < -0.4 is 5.32 Å². The highest BCUT2D eigenvalue weighted by atomic mass is 19.1. The van der Waals surface area contributed by atoms with E-state index in [1.807, 2.05) is 0 Å². The van der Waals surface area contributed by atoms with E-state index in [-0.39, 0.29) is 11.5 Å². The Labute approximate surface area is 101 Å². The van der Waals surface area contributed by atoms with E-state index in [2.05, 4.69) is 12.2 Å². The molecule has 0 radical (unpaired) electrons. The van der Waals surface area contributed by atoms with Gasteiger partial charge in [-0.05, 0) is 50.3 Å². The van der Waals surface area contributed by atoms with E-state index >= 15 is 0 Å². The van der Waals surface area contributed by atoms with E-state index in [0.29, 0.717) is 6.04 Å². The van der Waals surface area contributed by atoms with Crippen molar-refractivity contribution in [3.05, 3.63) is 35.4 Å². The molecule has 2 atom stereocenters. The van der Waals surface area contributed by atoms with Crippen LogP contribution in [0.4, 0.5) is 8.78 Å². The number of hydrogen-bond acceptors (Lipinski definition) is 1. The molecule has 0 saturated heterocycles. The quantitative estimate of drug-likeness (QED) is 0.846. The van der Waals surface area contributed by atoms with Gasteiger partial charge in [-0.3, -0.25) is 0 Å². The van der Waals surface area contributed by atoms with Crippen LogP contribution in [0.25, 0.3) is 0 Å². The Morgan fingerprint density at radius 2 is 1.94 bits per heavy atom. The smallest absolute Gasteiger partial charge is 0.129 e. The lowest BCUT2D eigenvalue weighted by Gasteiger charge is -2.14. The molecule has 1 aliphatic rings. The second-order valence-corrected chi connectivity index (χ2v) is 4.80. The van der Waals surface area contributed by atoms with Crippen LogP contribution >= 0.6 is 0 Å². The van der Waals surface area contributed by atoms with Crippen molar-refractivity contribution in [1.29, 1.82) is 0 Å². The zero-order chi connectivity index (χ0) is 12.3. The summed E-state index contributed by atoms with van der Waals surface area (Å²) < 4.78 is 27.2. The number of nitrogens with one attached hydrogen (secondary N) is 1. The van der Waals surface area contributed by atoms with Crippen LogP contribution in [0.3, 0.4) is 0 Å². The summed E-state index contributed by atoms with van der Waals surface area (Å²) in [5.41, 5.74) is 0.285. The van der Waals surface area contributed by atoms with Crippen molar-refractivity contribution in [2.75, 3.05) is 6.54 Å². The summed E-state index contributed by atoms with van der Waals surface area (Å²) >= 11 is 0. The van der Waals surface area contributed by atoms with Crippen molar-refractivity contribution < 1.29 is 8.78 Å². The zero-order valence-corrected chi connectivity index (χ0v) is 10.2. The highest BCUT2D eigenvalue weighted by Crippen LogP contribution is 2.36. The molecular weight excluding hydrogens is 220 g/mol. The van der Waals surface area contributed by atoms with Crippen molar-refractivity contribution in [1.82, 2.24) is 5.32 Å². The molecule has 0 amide bonds. The van der Waals surface area contributed by atoms with Gasteiger partial charge in [0.1, 0.15) is 11.6 Å². The van der Waals surface area contributed by atoms with Crippen LogP contribution in [0, 0.1) is 11.6 Å². The van der Waals surface area contributed by atoms with E-state index in [1.54, 1.807) is 0 Å². The van der Waals surface area contributed by atoms with Gasteiger partial charge in [0.25, 0.3) is 0 Å². The van der Waals surface area contributed by atoms with Gasteiger partial charge in [0.05, 0.1) is 0 Å². The van der Waals surface area contributed by atoms with E-state index in [1.165, 1.54) is 18.2 Å². The molecule has 1 aliphatic carbocycles. The standard InChI is InChI=1S/C14H19F2N/c1-2-8-17-11-7-6-10(9-11)14-12(15)4-3-5-13(14)16/h3-5,10-11,17H,2,6-9H2,1H3. The van der Waals surface area contributed by atoms with Gasteiger partial charge in [-0.2, -0.15) is 0 Å². The minimum Gasteiger partial charge on any atom is -0.314 e. The lowest BCUT2D eigenvalue weighted by molar-refractivity contribution is 0.497. The molecule has 0 aliphatic heterocycles. The molecule has 1 saturated carbocycles. The normalized spacial score (nSPS) is 24.2. The van der Waals surface area contributed by atoms with Gasteiger partial charge in [0.15, 0.2) is 0 Å². The minimum absolute atomic E-state index is 0.0329. The molecule has 1 fully saturated rings. The molecular formula is C14H19F2N. The Bertz CT molecular complexity index is 358. The Hall–Kier alpha value is -0.960. The van der Waals surface area contributed by atoms with Crippen molar-refractivity contribution in [2.24, 2.45) is 0 Å². The molecule has 1 N–H and O–H groups in total. The summed E-state index contributed by atoms with van der Waals surface area (Å²) in [5.74, 6) is -0.761. The number of rotatable bonds is 4. The first-order chi connectivity index (χ1) is 8.22. The highest BCUT2D eigenvalue weighted by Gasteiger charge is 2.29. The van der Waals surface area contributed by atoms with Crippen LogP contribution in [0.15, 0.2) is 18.2 Å². The SMILES string of the molecule is CCCNC1CCC(c2c(F)cccc2F)C1. The third kappa shape index (κ3) is 2.83. The van der Waals surface area contributed by atoms with Crippen molar-refractivity contribution in [3.63, 3.8) is 0 Å². The molecule has 0 bridgehead atoms. The number of benzene rings is 1. The van der Waals surface area contributed by atoms with E-state index in [0.717, 1.165) is 32.2 Å². The van der Waals surface area contributed by atoms with Crippen molar-refractivity contribution >= 4 is 0 Å². The van der Waals surface area contributed by atoms with Gasteiger partial charge in [-0.1, -0.05) is 13.0 Å². The van der Waals surface area contributed by atoms with Gasteiger partial charge >= 0.3 is 0 Å². The maximum atomic E-state index is 13.6. The molecule has 0 spiro atoms. The number of hydrogen-bond donors (Lipinski definition) is 1. The first-order valence-electron chi connectivity index (χ1n) is 6.39. The van der Waals surface area contributed by atoms with Gasteiger partial charge in [0, 0.05) is 11.6 Å². The van der Waals surface area contributed by atoms with E-state index < -0.39 is 11.6 Å². The van der Waals surface area contributed by atoms with Crippen molar-refractivity contribution in [3.8, 4) is 0 Å². The zero-order valence-electron chi connectivity index (χ0n) is 10.2. The molecule has 94 valence electrons. The van der Waals surface area contributed by atoms with E-state index in [9.17, 15) is 8.78 Å². The summed E-state index contributed by atoms with van der Waals surface area (Å²) in [7, 11) is 0. The van der Waals surface area contributed by atoms with Gasteiger partial charge in [-0.25, -0.2) is 8.78 Å². The summed E-state index contributed by atoms with van der Waals surface area (Å²) in [4.78, 5) is 0. The van der Waals surface area contributed by atoms with E-state index in [4.69, 9.17) is 0 Å². The summed E-state index contributed by atoms with van der Waals surface area (Å²) in [5, 5.41) is 3.43. The van der Waals surface area contributed by atoms with Gasteiger partial charge in [0.2, 0.25) is 0 Å². The lowest BCUT2D eigenvalue weighted by Crippen LogP contribution is -2.26. The first-order valence-corrected chi connectivity index (χ1v) is 6.39. The predicted molar refractivity (Wildman–Crippen MR) is 65.0 cm³/mol. The Kier molecular flexibility index (Phi) is 4.11. The Morgan fingerprint density at radius 3 is 2.59 bits per heavy atom. The molecule has 1 nitrogen and oxygen atoms in total. The second-order valence-electron chi connectivity index (χ2n) is 4.80.